The van der Waals surface area contributed by atoms with Crippen molar-refractivity contribution in [2.75, 3.05) is 0 Å². The molecule has 11 rings (SSSR count). The van der Waals surface area contributed by atoms with Crippen LogP contribution in [0.4, 0.5) is 0 Å². The van der Waals surface area contributed by atoms with Gasteiger partial charge in [-0.3, -0.25) is 0 Å². The summed E-state index contributed by atoms with van der Waals surface area (Å²) < 4.78 is 0. The van der Waals surface area contributed by atoms with Crippen molar-refractivity contribution in [3.05, 3.63) is 193 Å². The minimum atomic E-state index is 0.981. The fraction of sp³-hybridized carbons (Fsp3) is 0.0196. The largest absolute Gasteiger partial charge is 0.0622 e. The van der Waals surface area contributed by atoms with Crippen LogP contribution in [0.25, 0.3) is 98.4 Å². The molecule has 0 saturated carbocycles. The van der Waals surface area contributed by atoms with Crippen molar-refractivity contribution < 1.29 is 0 Å². The van der Waals surface area contributed by atoms with Crippen LogP contribution in [0.2, 0.25) is 0 Å². The third-order valence-corrected chi connectivity index (χ3v) is 11.2. The quantitative estimate of drug-likeness (QED) is 0.168. The Kier molecular flexibility index (Phi) is 6.12. The molecule has 0 heteroatoms. The summed E-state index contributed by atoms with van der Waals surface area (Å²) in [6.45, 7) is 0. The number of hydrogen-bond donors (Lipinski definition) is 0. The van der Waals surface area contributed by atoms with Crippen LogP contribution in [0.3, 0.4) is 0 Å². The third kappa shape index (κ3) is 4.20. The van der Waals surface area contributed by atoms with Gasteiger partial charge in [0.1, 0.15) is 0 Å². The molecule has 0 heterocycles. The van der Waals surface area contributed by atoms with E-state index in [-0.39, 0.29) is 0 Å². The second-order valence-corrected chi connectivity index (χ2v) is 14.0. The van der Waals surface area contributed by atoms with Gasteiger partial charge in [-0.15, -0.1) is 0 Å². The van der Waals surface area contributed by atoms with E-state index < -0.39 is 0 Å². The van der Waals surface area contributed by atoms with Crippen molar-refractivity contribution in [1.82, 2.24) is 0 Å². The molecule has 1 aliphatic carbocycles. The highest BCUT2D eigenvalue weighted by Gasteiger charge is 2.24. The molecule has 0 fully saturated rings. The minimum Gasteiger partial charge on any atom is -0.0622 e. The second kappa shape index (κ2) is 11.0. The van der Waals surface area contributed by atoms with Crippen molar-refractivity contribution in [3.63, 3.8) is 0 Å². The lowest BCUT2D eigenvalue weighted by Gasteiger charge is -2.22. The van der Waals surface area contributed by atoms with Crippen molar-refractivity contribution in [2.24, 2.45) is 0 Å². The first-order valence-corrected chi connectivity index (χ1v) is 17.9. The van der Waals surface area contributed by atoms with E-state index in [0.29, 0.717) is 0 Å². The van der Waals surface area contributed by atoms with Crippen LogP contribution >= 0.6 is 0 Å². The van der Waals surface area contributed by atoms with E-state index in [9.17, 15) is 0 Å². The molecule has 10 aromatic rings. The van der Waals surface area contributed by atoms with Gasteiger partial charge >= 0.3 is 0 Å². The van der Waals surface area contributed by atoms with Gasteiger partial charge in [0.2, 0.25) is 0 Å². The van der Waals surface area contributed by atoms with E-state index in [1.54, 1.807) is 0 Å². The van der Waals surface area contributed by atoms with E-state index in [0.717, 1.165) is 6.42 Å². The molecule has 0 atom stereocenters. The highest BCUT2D eigenvalue weighted by atomic mass is 14.3. The smallest absolute Gasteiger partial charge is 0.00132 e. The van der Waals surface area contributed by atoms with Gasteiger partial charge in [-0.05, 0) is 128 Å². The van der Waals surface area contributed by atoms with Gasteiger partial charge < -0.3 is 0 Å². The number of hydrogen-bond acceptors (Lipinski definition) is 0. The van der Waals surface area contributed by atoms with Crippen LogP contribution in [0.1, 0.15) is 11.1 Å². The van der Waals surface area contributed by atoms with Crippen molar-refractivity contribution in [3.8, 4) is 44.5 Å². The fourth-order valence-corrected chi connectivity index (χ4v) is 9.05. The summed E-state index contributed by atoms with van der Waals surface area (Å²) in [7, 11) is 0. The lowest BCUT2D eigenvalue weighted by Crippen LogP contribution is -1.94. The van der Waals surface area contributed by atoms with E-state index in [4.69, 9.17) is 0 Å². The third-order valence-electron chi connectivity index (χ3n) is 11.2. The van der Waals surface area contributed by atoms with Crippen LogP contribution < -0.4 is 0 Å². The first-order chi connectivity index (χ1) is 25.3. The Hall–Kier alpha value is -6.50. The molecule has 10 aromatic carbocycles. The van der Waals surface area contributed by atoms with E-state index >= 15 is 0 Å². The predicted molar refractivity (Wildman–Crippen MR) is 219 cm³/mol. The molecular formula is C51H32. The van der Waals surface area contributed by atoms with Crippen molar-refractivity contribution in [1.29, 1.82) is 0 Å². The molecule has 0 unspecified atom stereocenters. The van der Waals surface area contributed by atoms with E-state index in [1.165, 1.54) is 109 Å². The first-order valence-electron chi connectivity index (χ1n) is 17.9. The number of fused-ring (bicyclic) bond motifs is 8. The molecule has 0 N–H and O–H groups in total. The molecule has 0 aromatic heterocycles. The summed E-state index contributed by atoms with van der Waals surface area (Å²) in [6, 6.07) is 67.7. The van der Waals surface area contributed by atoms with E-state index in [1.807, 2.05) is 0 Å². The molecule has 51 heavy (non-hydrogen) atoms. The topological polar surface area (TPSA) is 0 Å². The van der Waals surface area contributed by atoms with Crippen LogP contribution in [-0.4, -0.2) is 0 Å². The Balaban J connectivity index is 1.23. The maximum atomic E-state index is 2.46. The lowest BCUT2D eigenvalue weighted by atomic mass is 9.81. The SMILES string of the molecule is c1ccc(-c2c3ccccc3c(-c3c4ccccc4c(-c4ccc5c(c4)-c4cc6ccccc6cc4C5)c4ccccc34)c3ccccc23)cc1. The van der Waals surface area contributed by atoms with Gasteiger partial charge in [0.05, 0.1) is 0 Å². The van der Waals surface area contributed by atoms with Crippen molar-refractivity contribution >= 4 is 53.9 Å². The van der Waals surface area contributed by atoms with Crippen LogP contribution in [-0.2, 0) is 6.42 Å². The predicted octanol–water partition coefficient (Wildman–Crippen LogP) is 14.0. The fourth-order valence-electron chi connectivity index (χ4n) is 9.05. The van der Waals surface area contributed by atoms with Crippen LogP contribution in [0.15, 0.2) is 182 Å². The molecule has 0 amide bonds. The first kappa shape index (κ1) is 28.3. The van der Waals surface area contributed by atoms with Gasteiger partial charge in [0.15, 0.2) is 0 Å². The lowest BCUT2D eigenvalue weighted by molar-refractivity contribution is 1.27. The van der Waals surface area contributed by atoms with E-state index in [2.05, 4.69) is 182 Å². The Labute approximate surface area is 296 Å². The van der Waals surface area contributed by atoms with Gasteiger partial charge in [0, 0.05) is 0 Å². The Morgan fingerprint density at radius 3 is 1.16 bits per heavy atom. The number of rotatable bonds is 3. The summed E-state index contributed by atoms with van der Waals surface area (Å²) in [5, 5.41) is 12.8. The monoisotopic (exact) mass is 644 g/mol. The van der Waals surface area contributed by atoms with Gasteiger partial charge in [-0.2, -0.15) is 0 Å². The average molecular weight is 645 g/mol. The Morgan fingerprint density at radius 2 is 0.647 bits per heavy atom. The zero-order valence-corrected chi connectivity index (χ0v) is 28.0. The van der Waals surface area contributed by atoms with Gasteiger partial charge in [-0.25, -0.2) is 0 Å². The molecule has 0 bridgehead atoms. The summed E-state index contributed by atoms with van der Waals surface area (Å²) in [5.41, 5.74) is 13.3. The number of benzene rings is 10. The zero-order valence-electron chi connectivity index (χ0n) is 28.0. The van der Waals surface area contributed by atoms with Gasteiger partial charge in [0.25, 0.3) is 0 Å². The molecule has 0 spiro atoms. The second-order valence-electron chi connectivity index (χ2n) is 14.0. The summed E-state index contributed by atoms with van der Waals surface area (Å²) >= 11 is 0. The maximum absolute atomic E-state index is 2.46. The summed E-state index contributed by atoms with van der Waals surface area (Å²) in [5.74, 6) is 0. The maximum Gasteiger partial charge on any atom is -0.00132 e. The molecular weight excluding hydrogens is 613 g/mol. The molecule has 236 valence electrons. The van der Waals surface area contributed by atoms with Crippen LogP contribution in [0.5, 0.6) is 0 Å². The zero-order chi connectivity index (χ0) is 33.5. The Bertz CT molecular complexity index is 2920. The standard InChI is InChI=1S/C51H32/c1-2-14-32(15-3-1)48-38-18-6-10-22-42(38)50(43-23-11-7-19-39(43)48)51-44-24-12-8-20-40(44)49(41-21-9-13-25-45(41)51)36-27-26-35-29-37-28-33-16-4-5-17-34(33)30-47(37)46(35)31-36/h1-28,30-31H,29H2. The molecule has 0 saturated heterocycles. The highest BCUT2D eigenvalue weighted by molar-refractivity contribution is 6.30. The highest BCUT2D eigenvalue weighted by Crippen LogP contribution is 2.51. The molecule has 0 nitrogen and oxygen atoms in total. The summed E-state index contributed by atoms with van der Waals surface area (Å²) in [4.78, 5) is 0. The van der Waals surface area contributed by atoms with Crippen LogP contribution in [0, 0.1) is 0 Å². The van der Waals surface area contributed by atoms with Gasteiger partial charge in [-0.1, -0.05) is 170 Å². The summed E-state index contributed by atoms with van der Waals surface area (Å²) in [6.07, 6.45) is 0.981. The average Bonchev–Trinajstić information content (AvgIpc) is 3.55. The molecule has 0 radical (unpaired) electrons. The minimum absolute atomic E-state index is 0.981. The Morgan fingerprint density at radius 1 is 0.255 bits per heavy atom. The molecule has 1 aliphatic rings. The normalized spacial score (nSPS) is 12.2. The van der Waals surface area contributed by atoms with Crippen molar-refractivity contribution in [2.45, 2.75) is 6.42 Å². The molecule has 0 aliphatic heterocycles.